The van der Waals surface area contributed by atoms with Gasteiger partial charge in [-0.3, -0.25) is 4.79 Å². The summed E-state index contributed by atoms with van der Waals surface area (Å²) in [6.07, 6.45) is 2.03. The molecular weight excluding hydrogens is 367 g/mol. The molecule has 0 aliphatic heterocycles. The number of rotatable bonds is 9. The lowest BCUT2D eigenvalue weighted by Crippen LogP contribution is -2.33. The molecule has 0 bridgehead atoms. The number of sulfonamides is 1. The Bertz CT molecular complexity index is 899. The van der Waals surface area contributed by atoms with Crippen LogP contribution in [0.2, 0.25) is 0 Å². The van der Waals surface area contributed by atoms with Crippen molar-refractivity contribution >= 4 is 15.9 Å². The summed E-state index contributed by atoms with van der Waals surface area (Å²) in [5.74, 6) is -1.25. The van der Waals surface area contributed by atoms with Gasteiger partial charge < -0.3 is 4.90 Å². The number of hydrogen-bond donors (Lipinski definition) is 1. The molecule has 0 aliphatic rings. The highest BCUT2D eigenvalue weighted by Gasteiger charge is 2.22. The Morgan fingerprint density at radius 2 is 1.93 bits per heavy atom. The Hall–Kier alpha value is -2.51. The van der Waals surface area contributed by atoms with Gasteiger partial charge >= 0.3 is 0 Å². The van der Waals surface area contributed by atoms with Crippen molar-refractivity contribution in [2.75, 3.05) is 19.6 Å². The zero-order valence-electron chi connectivity index (χ0n) is 15.2. The molecule has 2 rings (SSSR count). The van der Waals surface area contributed by atoms with Gasteiger partial charge in [-0.15, -0.1) is 6.58 Å². The van der Waals surface area contributed by atoms with Crippen LogP contribution in [0.4, 0.5) is 4.39 Å². The monoisotopic (exact) mass is 390 g/mol. The maximum atomic E-state index is 14.0. The molecule has 0 fully saturated rings. The minimum atomic E-state index is -4.06. The van der Waals surface area contributed by atoms with Crippen LogP contribution in [-0.4, -0.2) is 38.9 Å². The molecule has 27 heavy (non-hydrogen) atoms. The van der Waals surface area contributed by atoms with Crippen LogP contribution in [0.25, 0.3) is 0 Å². The number of carbonyl (C=O) groups excluding carboxylic acids is 1. The third-order valence-electron chi connectivity index (χ3n) is 4.07. The molecule has 2 aromatic rings. The van der Waals surface area contributed by atoms with E-state index in [-0.39, 0.29) is 18.0 Å². The maximum Gasteiger partial charge on any atom is 0.253 e. The van der Waals surface area contributed by atoms with Gasteiger partial charge in [0.15, 0.2) is 0 Å². The summed E-state index contributed by atoms with van der Waals surface area (Å²) in [6, 6.07) is 13.1. The highest BCUT2D eigenvalue weighted by molar-refractivity contribution is 7.89. The zero-order chi connectivity index (χ0) is 19.9. The molecule has 0 radical (unpaired) electrons. The summed E-state index contributed by atoms with van der Waals surface area (Å²) in [6.45, 7) is 6.18. The van der Waals surface area contributed by atoms with Crippen LogP contribution in [0.1, 0.15) is 22.8 Å². The molecule has 144 valence electrons. The lowest BCUT2D eigenvalue weighted by Gasteiger charge is -2.21. The van der Waals surface area contributed by atoms with E-state index in [1.165, 1.54) is 12.1 Å². The van der Waals surface area contributed by atoms with Crippen LogP contribution in [0, 0.1) is 5.82 Å². The Morgan fingerprint density at radius 1 is 1.22 bits per heavy atom. The highest BCUT2D eigenvalue weighted by Crippen LogP contribution is 2.18. The predicted octanol–water partition coefficient (Wildman–Crippen LogP) is 2.99. The molecule has 1 amide bonds. The zero-order valence-corrected chi connectivity index (χ0v) is 16.0. The fourth-order valence-corrected chi connectivity index (χ4v) is 3.68. The molecule has 0 heterocycles. The first-order valence-electron chi connectivity index (χ1n) is 8.62. The third-order valence-corrected chi connectivity index (χ3v) is 5.51. The Balaban J connectivity index is 2.21. The smallest absolute Gasteiger partial charge is 0.253 e. The van der Waals surface area contributed by atoms with Gasteiger partial charge in [0.05, 0.1) is 0 Å². The minimum absolute atomic E-state index is 0.0297. The van der Waals surface area contributed by atoms with Crippen LogP contribution in [0.5, 0.6) is 0 Å². The van der Waals surface area contributed by atoms with Crippen LogP contribution in [0.3, 0.4) is 0 Å². The Labute approximate surface area is 159 Å². The maximum absolute atomic E-state index is 14.0. The first-order chi connectivity index (χ1) is 12.9. The molecule has 0 aliphatic carbocycles. The number of amides is 1. The number of likely N-dealkylation sites (N-methyl/N-ethyl adjacent to an activating group) is 1. The molecule has 0 aromatic heterocycles. The summed E-state index contributed by atoms with van der Waals surface area (Å²) in [5.41, 5.74) is 1.23. The van der Waals surface area contributed by atoms with E-state index in [1.54, 1.807) is 4.90 Å². The van der Waals surface area contributed by atoms with Gasteiger partial charge in [0.1, 0.15) is 10.7 Å². The van der Waals surface area contributed by atoms with Gasteiger partial charge in [-0.1, -0.05) is 36.4 Å². The number of hydrogen-bond acceptors (Lipinski definition) is 3. The van der Waals surface area contributed by atoms with Crippen molar-refractivity contribution in [1.82, 2.24) is 9.62 Å². The average molecular weight is 390 g/mol. The first kappa shape index (κ1) is 20.8. The van der Waals surface area contributed by atoms with E-state index in [2.05, 4.69) is 11.3 Å². The molecular formula is C20H23FN2O3S. The standard InChI is InChI=1S/C20H23FN2O3S/c1-3-13-22-27(25,26)19-15-17(10-11-18(19)21)20(24)23(4-2)14-12-16-8-6-5-7-9-16/h3,5-11,15,22H,1,4,12-14H2,2H3. The topological polar surface area (TPSA) is 66.5 Å². The van der Waals surface area contributed by atoms with E-state index in [0.717, 1.165) is 17.7 Å². The molecule has 5 nitrogen and oxygen atoms in total. The second-order valence-corrected chi connectivity index (χ2v) is 7.64. The molecule has 1 N–H and O–H groups in total. The van der Waals surface area contributed by atoms with Crippen molar-refractivity contribution in [3.8, 4) is 0 Å². The number of carbonyl (C=O) groups is 1. The number of nitrogens with zero attached hydrogens (tertiary/aromatic N) is 1. The summed E-state index contributed by atoms with van der Waals surface area (Å²) in [4.78, 5) is 13.8. The van der Waals surface area contributed by atoms with E-state index >= 15 is 0 Å². The molecule has 0 unspecified atom stereocenters. The van der Waals surface area contributed by atoms with Crippen LogP contribution in [0.15, 0.2) is 66.1 Å². The quantitative estimate of drug-likeness (QED) is 0.670. The van der Waals surface area contributed by atoms with Gasteiger partial charge in [-0.05, 0) is 37.1 Å². The second kappa shape index (κ2) is 9.43. The van der Waals surface area contributed by atoms with E-state index in [1.807, 2.05) is 37.3 Å². The predicted molar refractivity (Wildman–Crippen MR) is 104 cm³/mol. The van der Waals surface area contributed by atoms with Crippen LogP contribution >= 0.6 is 0 Å². The van der Waals surface area contributed by atoms with Crippen LogP contribution < -0.4 is 4.72 Å². The summed E-state index contributed by atoms with van der Waals surface area (Å²) >= 11 is 0. The van der Waals surface area contributed by atoms with E-state index in [4.69, 9.17) is 0 Å². The normalized spacial score (nSPS) is 11.2. The molecule has 7 heteroatoms. The van der Waals surface area contributed by atoms with E-state index in [0.29, 0.717) is 19.5 Å². The first-order valence-corrected chi connectivity index (χ1v) is 10.1. The van der Waals surface area contributed by atoms with Crippen molar-refractivity contribution in [2.24, 2.45) is 0 Å². The Kier molecular flexibility index (Phi) is 7.27. The highest BCUT2D eigenvalue weighted by atomic mass is 32.2. The molecule has 0 spiro atoms. The van der Waals surface area contributed by atoms with Gasteiger partial charge in [0, 0.05) is 25.2 Å². The SMILES string of the molecule is C=CCNS(=O)(=O)c1cc(C(=O)N(CC)CCc2ccccc2)ccc1F. The third kappa shape index (κ3) is 5.48. The van der Waals surface area contributed by atoms with Crippen molar-refractivity contribution in [2.45, 2.75) is 18.2 Å². The van der Waals surface area contributed by atoms with E-state index < -0.39 is 20.7 Å². The fourth-order valence-electron chi connectivity index (χ4n) is 2.58. The van der Waals surface area contributed by atoms with Gasteiger partial charge in [0.25, 0.3) is 5.91 Å². The molecule has 0 saturated carbocycles. The van der Waals surface area contributed by atoms with Gasteiger partial charge in [0.2, 0.25) is 10.0 Å². The van der Waals surface area contributed by atoms with E-state index in [9.17, 15) is 17.6 Å². The minimum Gasteiger partial charge on any atom is -0.339 e. The summed E-state index contributed by atoms with van der Waals surface area (Å²) in [5, 5.41) is 0. The largest absolute Gasteiger partial charge is 0.339 e. The molecule has 0 saturated heterocycles. The summed E-state index contributed by atoms with van der Waals surface area (Å²) < 4.78 is 40.7. The number of halogens is 1. The van der Waals surface area contributed by atoms with Crippen molar-refractivity contribution < 1.29 is 17.6 Å². The molecule has 0 atom stereocenters. The number of benzene rings is 2. The second-order valence-electron chi connectivity index (χ2n) is 5.91. The van der Waals surface area contributed by atoms with Gasteiger partial charge in [-0.25, -0.2) is 17.5 Å². The molecule has 2 aromatic carbocycles. The average Bonchev–Trinajstić information content (AvgIpc) is 2.67. The van der Waals surface area contributed by atoms with Crippen LogP contribution in [-0.2, 0) is 16.4 Å². The fraction of sp³-hybridized carbons (Fsp3) is 0.250. The lowest BCUT2D eigenvalue weighted by atomic mass is 10.1. The summed E-state index contributed by atoms with van der Waals surface area (Å²) in [7, 11) is -4.06. The number of nitrogens with one attached hydrogen (secondary N) is 1. The van der Waals surface area contributed by atoms with Crippen molar-refractivity contribution in [3.05, 3.63) is 78.1 Å². The van der Waals surface area contributed by atoms with Gasteiger partial charge in [-0.2, -0.15) is 0 Å². The lowest BCUT2D eigenvalue weighted by molar-refractivity contribution is 0.0766. The van der Waals surface area contributed by atoms with Crippen molar-refractivity contribution in [3.63, 3.8) is 0 Å². The van der Waals surface area contributed by atoms with Crippen molar-refractivity contribution in [1.29, 1.82) is 0 Å². The Morgan fingerprint density at radius 3 is 2.56 bits per heavy atom.